The molecule has 1 atom stereocenters. The van der Waals surface area contributed by atoms with Crippen LogP contribution in [0.1, 0.15) is 16.5 Å². The van der Waals surface area contributed by atoms with Crippen LogP contribution in [0.4, 0.5) is 0 Å². The first-order valence-corrected chi connectivity index (χ1v) is 9.43. The third-order valence-electron chi connectivity index (χ3n) is 4.07. The van der Waals surface area contributed by atoms with E-state index in [4.69, 9.17) is 0 Å². The van der Waals surface area contributed by atoms with E-state index in [1.54, 1.807) is 22.7 Å². The van der Waals surface area contributed by atoms with Crippen LogP contribution in [0, 0.1) is 0 Å². The molecule has 0 aliphatic carbocycles. The summed E-state index contributed by atoms with van der Waals surface area (Å²) in [6.07, 6.45) is 5.84. The van der Waals surface area contributed by atoms with Crippen molar-refractivity contribution >= 4 is 22.7 Å². The highest BCUT2D eigenvalue weighted by Gasteiger charge is 2.24. The Bertz CT molecular complexity index is 739. The van der Waals surface area contributed by atoms with Gasteiger partial charge in [0.1, 0.15) is 5.01 Å². The number of piperazine rings is 1. The molecule has 0 saturated carbocycles. The van der Waals surface area contributed by atoms with Crippen molar-refractivity contribution in [1.29, 1.82) is 0 Å². The summed E-state index contributed by atoms with van der Waals surface area (Å²) >= 11 is 3.55. The van der Waals surface area contributed by atoms with Crippen LogP contribution >= 0.6 is 22.7 Å². The summed E-state index contributed by atoms with van der Waals surface area (Å²) in [5.41, 5.74) is 1.28. The first-order valence-electron chi connectivity index (χ1n) is 7.73. The molecule has 1 aliphatic heterocycles. The summed E-state index contributed by atoms with van der Waals surface area (Å²) in [4.78, 5) is 14.0. The molecule has 0 aromatic carbocycles. The Kier molecular flexibility index (Phi) is 4.48. The predicted octanol–water partition coefficient (Wildman–Crippen LogP) is 3.41. The summed E-state index contributed by atoms with van der Waals surface area (Å²) in [5.74, 6) is 0. The van der Waals surface area contributed by atoms with Gasteiger partial charge in [0.25, 0.3) is 0 Å². The van der Waals surface area contributed by atoms with Crippen LogP contribution in [0.15, 0.2) is 48.2 Å². The molecule has 1 unspecified atom stereocenters. The highest BCUT2D eigenvalue weighted by atomic mass is 32.1. The lowest BCUT2D eigenvalue weighted by molar-refractivity contribution is 0.155. The highest BCUT2D eigenvalue weighted by molar-refractivity contribution is 7.20. The summed E-state index contributed by atoms with van der Waals surface area (Å²) < 4.78 is 0. The van der Waals surface area contributed by atoms with Gasteiger partial charge in [-0.3, -0.25) is 9.88 Å². The Balaban J connectivity index is 1.52. The number of thiazole rings is 1. The van der Waals surface area contributed by atoms with Gasteiger partial charge in [0.15, 0.2) is 0 Å². The average molecular weight is 342 g/mol. The highest BCUT2D eigenvalue weighted by Crippen LogP contribution is 2.31. The van der Waals surface area contributed by atoms with Gasteiger partial charge in [0.05, 0.1) is 4.88 Å². The molecule has 3 aromatic heterocycles. The molecule has 1 N–H and O–H groups in total. The van der Waals surface area contributed by atoms with Gasteiger partial charge in [-0.2, -0.15) is 0 Å². The fourth-order valence-electron chi connectivity index (χ4n) is 2.93. The minimum Gasteiger partial charge on any atom is -0.314 e. The first kappa shape index (κ1) is 15.0. The summed E-state index contributed by atoms with van der Waals surface area (Å²) in [5, 5.41) is 6.73. The van der Waals surface area contributed by atoms with Crippen molar-refractivity contribution in [1.82, 2.24) is 20.2 Å². The molecule has 0 amide bonds. The Morgan fingerprint density at radius 3 is 3.09 bits per heavy atom. The fourth-order valence-corrected chi connectivity index (χ4v) is 4.67. The van der Waals surface area contributed by atoms with Crippen LogP contribution < -0.4 is 5.32 Å². The zero-order valence-electron chi connectivity index (χ0n) is 12.7. The smallest absolute Gasteiger partial charge is 0.133 e. The summed E-state index contributed by atoms with van der Waals surface area (Å²) in [6.45, 7) is 4.01. The standard InChI is InChI=1S/C17H18N4S2/c1-3-13(9-18-5-1)15-11-19-6-7-21(15)12-14-10-20-17(23-14)16-4-2-8-22-16/h1-5,8-10,15,19H,6-7,11-12H2. The number of hydrogen-bond acceptors (Lipinski definition) is 6. The molecular weight excluding hydrogens is 324 g/mol. The minimum absolute atomic E-state index is 0.379. The number of nitrogens with one attached hydrogen (secondary N) is 1. The lowest BCUT2D eigenvalue weighted by Gasteiger charge is -2.35. The predicted molar refractivity (Wildman–Crippen MR) is 95.7 cm³/mol. The molecule has 4 nitrogen and oxygen atoms in total. The van der Waals surface area contributed by atoms with Crippen LogP contribution in [-0.2, 0) is 6.54 Å². The zero-order valence-corrected chi connectivity index (χ0v) is 14.3. The number of pyridine rings is 1. The van der Waals surface area contributed by atoms with Crippen LogP contribution in [0.25, 0.3) is 9.88 Å². The van der Waals surface area contributed by atoms with E-state index in [2.05, 4.69) is 43.8 Å². The van der Waals surface area contributed by atoms with Crippen molar-refractivity contribution in [2.45, 2.75) is 12.6 Å². The Hall–Kier alpha value is -1.60. The SMILES string of the molecule is c1cncc(C2CNCCN2Cc2cnc(-c3cccs3)s2)c1. The Labute approximate surface area is 143 Å². The molecule has 3 aromatic rings. The molecular formula is C17H18N4S2. The molecule has 118 valence electrons. The molecule has 1 aliphatic rings. The Morgan fingerprint density at radius 2 is 2.26 bits per heavy atom. The second kappa shape index (κ2) is 6.88. The second-order valence-corrected chi connectivity index (χ2v) is 7.65. The molecule has 6 heteroatoms. The van der Waals surface area contributed by atoms with Crippen LogP contribution in [-0.4, -0.2) is 34.5 Å². The largest absolute Gasteiger partial charge is 0.314 e. The van der Waals surface area contributed by atoms with Gasteiger partial charge in [-0.05, 0) is 23.1 Å². The molecule has 1 saturated heterocycles. The van der Waals surface area contributed by atoms with Gasteiger partial charge in [-0.15, -0.1) is 22.7 Å². The summed E-state index contributed by atoms with van der Waals surface area (Å²) in [7, 11) is 0. The van der Waals surface area contributed by atoms with Crippen molar-refractivity contribution in [3.63, 3.8) is 0 Å². The van der Waals surface area contributed by atoms with Crippen molar-refractivity contribution in [3.8, 4) is 9.88 Å². The van der Waals surface area contributed by atoms with Gasteiger partial charge in [0.2, 0.25) is 0 Å². The van der Waals surface area contributed by atoms with Gasteiger partial charge in [0, 0.05) is 55.7 Å². The van der Waals surface area contributed by atoms with E-state index < -0.39 is 0 Å². The van der Waals surface area contributed by atoms with Crippen molar-refractivity contribution < 1.29 is 0 Å². The molecule has 23 heavy (non-hydrogen) atoms. The minimum atomic E-state index is 0.379. The third-order valence-corrected chi connectivity index (χ3v) is 6.09. The van der Waals surface area contributed by atoms with Crippen molar-refractivity contribution in [2.75, 3.05) is 19.6 Å². The quantitative estimate of drug-likeness (QED) is 0.789. The monoisotopic (exact) mass is 342 g/mol. The lowest BCUT2D eigenvalue weighted by Crippen LogP contribution is -2.45. The van der Waals surface area contributed by atoms with Crippen LogP contribution in [0.2, 0.25) is 0 Å². The number of nitrogens with zero attached hydrogens (tertiary/aromatic N) is 3. The maximum Gasteiger partial charge on any atom is 0.133 e. The number of thiophene rings is 1. The van der Waals surface area contributed by atoms with E-state index >= 15 is 0 Å². The van der Waals surface area contributed by atoms with E-state index in [0.717, 1.165) is 31.2 Å². The van der Waals surface area contributed by atoms with E-state index in [1.165, 1.54) is 15.3 Å². The van der Waals surface area contributed by atoms with E-state index in [0.29, 0.717) is 6.04 Å². The summed E-state index contributed by atoms with van der Waals surface area (Å²) in [6, 6.07) is 8.78. The maximum absolute atomic E-state index is 4.60. The zero-order chi connectivity index (χ0) is 15.5. The molecule has 0 radical (unpaired) electrons. The van der Waals surface area contributed by atoms with Crippen LogP contribution in [0.3, 0.4) is 0 Å². The third kappa shape index (κ3) is 3.35. The number of aromatic nitrogens is 2. The number of rotatable bonds is 4. The van der Waals surface area contributed by atoms with Crippen molar-refractivity contribution in [2.24, 2.45) is 0 Å². The first-order chi connectivity index (χ1) is 11.4. The van der Waals surface area contributed by atoms with Gasteiger partial charge < -0.3 is 5.32 Å². The molecule has 0 spiro atoms. The number of hydrogen-bond donors (Lipinski definition) is 1. The van der Waals surface area contributed by atoms with E-state index in [9.17, 15) is 0 Å². The van der Waals surface area contributed by atoms with Crippen LogP contribution in [0.5, 0.6) is 0 Å². The van der Waals surface area contributed by atoms with E-state index in [-0.39, 0.29) is 0 Å². The molecule has 4 rings (SSSR count). The molecule has 0 bridgehead atoms. The van der Waals surface area contributed by atoms with Gasteiger partial charge >= 0.3 is 0 Å². The average Bonchev–Trinajstić information content (AvgIpc) is 3.27. The lowest BCUT2D eigenvalue weighted by atomic mass is 10.1. The normalized spacial score (nSPS) is 19.0. The second-order valence-electron chi connectivity index (χ2n) is 5.59. The Morgan fingerprint density at radius 1 is 1.26 bits per heavy atom. The van der Waals surface area contributed by atoms with Gasteiger partial charge in [-0.1, -0.05) is 12.1 Å². The maximum atomic E-state index is 4.60. The van der Waals surface area contributed by atoms with E-state index in [1.807, 2.05) is 24.7 Å². The topological polar surface area (TPSA) is 41.1 Å². The van der Waals surface area contributed by atoms with Gasteiger partial charge in [-0.25, -0.2) is 4.98 Å². The molecule has 4 heterocycles. The van der Waals surface area contributed by atoms with Crippen molar-refractivity contribution in [3.05, 3.63) is 58.7 Å². The molecule has 1 fully saturated rings. The fraction of sp³-hybridized carbons (Fsp3) is 0.294.